The van der Waals surface area contributed by atoms with Gasteiger partial charge in [-0.15, -0.1) is 15.3 Å². The first-order chi connectivity index (χ1) is 16.7. The second kappa shape index (κ2) is 8.87. The minimum absolute atomic E-state index is 0.277. The van der Waals surface area contributed by atoms with Crippen LogP contribution in [0.2, 0.25) is 0 Å². The van der Waals surface area contributed by atoms with E-state index in [1.54, 1.807) is 4.68 Å². The number of hydrogen-bond acceptors (Lipinski definition) is 7. The average molecular weight is 453 g/mol. The van der Waals surface area contributed by atoms with Crippen molar-refractivity contribution < 1.29 is 0 Å². The first-order valence-corrected chi connectivity index (χ1v) is 12.0. The standard InChI is InChI=1S/C26H28N8/c27-25-30-26(29-21-12-11-17-6-3-4-13-28-16-20(17)14-21)33-34(25)23-15-19-9-5-8-18-7-1-2-10-22(18)24(19)32-31-23/h1-2,7,10-12,14-15,28H,3-6,8-9,13,16H2,(H3,27,29,30,33). The van der Waals surface area contributed by atoms with Crippen LogP contribution in [-0.4, -0.2) is 31.5 Å². The van der Waals surface area contributed by atoms with Crippen LogP contribution in [0.15, 0.2) is 48.5 Å². The van der Waals surface area contributed by atoms with Crippen molar-refractivity contribution in [2.24, 2.45) is 0 Å². The molecule has 6 rings (SSSR count). The number of nitrogen functional groups attached to an aromatic ring is 1. The molecule has 0 atom stereocenters. The minimum atomic E-state index is 0.277. The lowest BCUT2D eigenvalue weighted by atomic mass is 9.99. The molecule has 0 saturated heterocycles. The van der Waals surface area contributed by atoms with Gasteiger partial charge in [-0.05, 0) is 85.5 Å². The maximum absolute atomic E-state index is 6.23. The number of fused-ring (bicyclic) bond motifs is 4. The molecule has 0 unspecified atom stereocenters. The number of anilines is 3. The van der Waals surface area contributed by atoms with Crippen molar-refractivity contribution >= 4 is 17.6 Å². The molecule has 2 aliphatic rings. The highest BCUT2D eigenvalue weighted by Gasteiger charge is 2.19. The summed E-state index contributed by atoms with van der Waals surface area (Å²) in [5.74, 6) is 1.30. The second-order valence-corrected chi connectivity index (χ2v) is 9.03. The maximum Gasteiger partial charge on any atom is 0.248 e. The third-order valence-electron chi connectivity index (χ3n) is 6.70. The van der Waals surface area contributed by atoms with Crippen molar-refractivity contribution in [3.8, 4) is 17.1 Å². The van der Waals surface area contributed by atoms with Crippen molar-refractivity contribution in [3.05, 3.63) is 70.8 Å². The predicted octanol–water partition coefficient (Wildman–Crippen LogP) is 3.96. The van der Waals surface area contributed by atoms with Crippen LogP contribution in [0.4, 0.5) is 17.6 Å². The van der Waals surface area contributed by atoms with E-state index in [1.165, 1.54) is 29.5 Å². The van der Waals surface area contributed by atoms with E-state index in [1.807, 2.05) is 6.07 Å². The Balaban J connectivity index is 1.28. The minimum Gasteiger partial charge on any atom is -0.368 e. The summed E-state index contributed by atoms with van der Waals surface area (Å²) in [7, 11) is 0. The zero-order chi connectivity index (χ0) is 22.9. The highest BCUT2D eigenvalue weighted by Crippen LogP contribution is 2.31. The zero-order valence-electron chi connectivity index (χ0n) is 19.1. The molecule has 34 heavy (non-hydrogen) atoms. The molecule has 0 radical (unpaired) electrons. The Morgan fingerprint density at radius 3 is 2.71 bits per heavy atom. The summed E-state index contributed by atoms with van der Waals surface area (Å²) >= 11 is 0. The summed E-state index contributed by atoms with van der Waals surface area (Å²) in [4.78, 5) is 4.43. The lowest BCUT2D eigenvalue weighted by Gasteiger charge is -2.16. The van der Waals surface area contributed by atoms with Crippen LogP contribution in [-0.2, 0) is 25.8 Å². The van der Waals surface area contributed by atoms with Gasteiger partial charge in [-0.25, -0.2) is 0 Å². The van der Waals surface area contributed by atoms with E-state index in [0.29, 0.717) is 11.8 Å². The Hall–Kier alpha value is -3.78. The molecule has 0 fully saturated rings. The molecule has 1 aliphatic heterocycles. The fourth-order valence-electron chi connectivity index (χ4n) is 4.95. The number of aromatic nitrogens is 5. The smallest absolute Gasteiger partial charge is 0.248 e. The quantitative estimate of drug-likeness (QED) is 0.432. The highest BCUT2D eigenvalue weighted by molar-refractivity contribution is 5.68. The van der Waals surface area contributed by atoms with E-state index in [4.69, 9.17) is 5.73 Å². The molecule has 0 amide bonds. The summed E-state index contributed by atoms with van der Waals surface area (Å²) in [5.41, 5.74) is 14.5. The van der Waals surface area contributed by atoms with Gasteiger partial charge in [0, 0.05) is 17.8 Å². The van der Waals surface area contributed by atoms with E-state index >= 15 is 0 Å². The van der Waals surface area contributed by atoms with Gasteiger partial charge in [0.2, 0.25) is 11.9 Å². The zero-order valence-corrected chi connectivity index (χ0v) is 19.1. The van der Waals surface area contributed by atoms with E-state index in [2.05, 4.69) is 73.4 Å². The van der Waals surface area contributed by atoms with E-state index in [9.17, 15) is 0 Å². The molecule has 2 aromatic carbocycles. The van der Waals surface area contributed by atoms with Crippen molar-refractivity contribution in [2.75, 3.05) is 17.6 Å². The number of nitrogens with two attached hydrogens (primary N) is 1. The van der Waals surface area contributed by atoms with Gasteiger partial charge in [0.1, 0.15) is 0 Å². The van der Waals surface area contributed by atoms with E-state index in [0.717, 1.165) is 61.3 Å². The van der Waals surface area contributed by atoms with E-state index < -0.39 is 0 Å². The molecule has 0 spiro atoms. The van der Waals surface area contributed by atoms with Crippen molar-refractivity contribution in [2.45, 2.75) is 45.1 Å². The molecular formula is C26H28N8. The largest absolute Gasteiger partial charge is 0.368 e. The molecular weight excluding hydrogens is 424 g/mol. The summed E-state index contributed by atoms with van der Waals surface area (Å²) < 4.78 is 1.56. The normalized spacial score (nSPS) is 15.3. The van der Waals surface area contributed by atoms with Gasteiger partial charge in [0.25, 0.3) is 0 Å². The summed E-state index contributed by atoms with van der Waals surface area (Å²) in [6, 6.07) is 16.9. The average Bonchev–Trinajstić information content (AvgIpc) is 3.09. The van der Waals surface area contributed by atoms with Crippen LogP contribution in [0.5, 0.6) is 0 Å². The van der Waals surface area contributed by atoms with Crippen LogP contribution in [0.25, 0.3) is 17.1 Å². The van der Waals surface area contributed by atoms with Gasteiger partial charge >= 0.3 is 0 Å². The van der Waals surface area contributed by atoms with Gasteiger partial charge in [-0.2, -0.15) is 9.67 Å². The topological polar surface area (TPSA) is 107 Å². The Labute approximate surface area is 198 Å². The molecule has 8 nitrogen and oxygen atoms in total. The van der Waals surface area contributed by atoms with Gasteiger partial charge in [-0.1, -0.05) is 30.3 Å². The summed E-state index contributed by atoms with van der Waals surface area (Å²) in [6.07, 6.45) is 6.61. The van der Waals surface area contributed by atoms with Crippen molar-refractivity contribution in [3.63, 3.8) is 0 Å². The van der Waals surface area contributed by atoms with Crippen LogP contribution in [0, 0.1) is 0 Å². The molecule has 2 aromatic heterocycles. The van der Waals surface area contributed by atoms with Crippen LogP contribution in [0.1, 0.15) is 41.5 Å². The SMILES string of the molecule is Nc1nc(Nc2ccc3c(c2)CNCCCC3)nn1-c1cc2c(nn1)-c1ccccc1CCC2. The van der Waals surface area contributed by atoms with Crippen LogP contribution >= 0.6 is 0 Å². The number of nitrogens with one attached hydrogen (secondary N) is 2. The highest BCUT2D eigenvalue weighted by atomic mass is 15.4. The Morgan fingerprint density at radius 2 is 1.74 bits per heavy atom. The molecule has 0 bridgehead atoms. The lowest BCUT2D eigenvalue weighted by molar-refractivity contribution is 0.598. The van der Waals surface area contributed by atoms with Gasteiger partial charge in [0.05, 0.1) is 5.69 Å². The van der Waals surface area contributed by atoms with Gasteiger partial charge in [0.15, 0.2) is 5.82 Å². The first-order valence-electron chi connectivity index (χ1n) is 12.0. The molecule has 3 heterocycles. The number of aryl methyl sites for hydroxylation is 3. The molecule has 4 N–H and O–H groups in total. The summed E-state index contributed by atoms with van der Waals surface area (Å²) in [5, 5.41) is 20.4. The molecule has 1 aliphatic carbocycles. The Kier molecular flexibility index (Phi) is 5.43. The molecule has 0 saturated carbocycles. The third kappa shape index (κ3) is 4.01. The lowest BCUT2D eigenvalue weighted by Crippen LogP contribution is -2.18. The van der Waals surface area contributed by atoms with Crippen LogP contribution in [0.3, 0.4) is 0 Å². The number of benzene rings is 2. The van der Waals surface area contributed by atoms with E-state index in [-0.39, 0.29) is 5.95 Å². The molecule has 172 valence electrons. The second-order valence-electron chi connectivity index (χ2n) is 9.03. The van der Waals surface area contributed by atoms with Crippen molar-refractivity contribution in [1.29, 1.82) is 0 Å². The van der Waals surface area contributed by atoms with Crippen LogP contribution < -0.4 is 16.4 Å². The molecule has 4 aromatic rings. The third-order valence-corrected chi connectivity index (χ3v) is 6.70. The fourth-order valence-corrected chi connectivity index (χ4v) is 4.95. The summed E-state index contributed by atoms with van der Waals surface area (Å²) in [6.45, 7) is 1.94. The number of hydrogen-bond donors (Lipinski definition) is 3. The predicted molar refractivity (Wildman–Crippen MR) is 133 cm³/mol. The first kappa shape index (κ1) is 20.8. The number of rotatable bonds is 3. The monoisotopic (exact) mass is 452 g/mol. The maximum atomic E-state index is 6.23. The number of nitrogens with zero attached hydrogens (tertiary/aromatic N) is 5. The van der Waals surface area contributed by atoms with Gasteiger partial charge < -0.3 is 16.4 Å². The van der Waals surface area contributed by atoms with Crippen molar-refractivity contribution in [1.82, 2.24) is 30.3 Å². The Bertz CT molecular complexity index is 1340. The Morgan fingerprint density at radius 1 is 0.853 bits per heavy atom. The molecule has 8 heteroatoms. The van der Waals surface area contributed by atoms with Gasteiger partial charge in [-0.3, -0.25) is 0 Å². The fraction of sp³-hybridized carbons (Fsp3) is 0.308.